The van der Waals surface area contributed by atoms with E-state index in [0.29, 0.717) is 16.3 Å². The molecule has 0 aliphatic carbocycles. The Hall–Kier alpha value is -3.54. The number of carboxylic acid groups (broad SMARTS) is 1. The molecule has 3 rings (SSSR count). The lowest BCUT2D eigenvalue weighted by Gasteiger charge is -2.02. The fourth-order valence-electron chi connectivity index (χ4n) is 2.47. The van der Waals surface area contributed by atoms with Crippen LogP contribution >= 0.6 is 0 Å². The number of nitrogens with zero attached hydrogens (tertiary/aromatic N) is 1. The van der Waals surface area contributed by atoms with E-state index in [4.69, 9.17) is 9.84 Å². The monoisotopic (exact) mass is 336 g/mol. The highest BCUT2D eigenvalue weighted by Gasteiger charge is 2.08. The number of benzene rings is 2. The summed E-state index contributed by atoms with van der Waals surface area (Å²) in [5.74, 6) is -0.328. The summed E-state index contributed by atoms with van der Waals surface area (Å²) >= 11 is 0. The summed E-state index contributed by atoms with van der Waals surface area (Å²) < 4.78 is 6.39. The predicted molar refractivity (Wildman–Crippen MR) is 94.7 cm³/mol. The van der Waals surface area contributed by atoms with E-state index in [1.807, 2.05) is 12.1 Å². The van der Waals surface area contributed by atoms with E-state index in [0.717, 1.165) is 11.3 Å². The Morgan fingerprint density at radius 3 is 2.60 bits per heavy atom. The molecule has 126 valence electrons. The first-order valence-corrected chi connectivity index (χ1v) is 7.49. The molecule has 0 bridgehead atoms. The molecule has 0 amide bonds. The van der Waals surface area contributed by atoms with Gasteiger partial charge in [0, 0.05) is 0 Å². The summed E-state index contributed by atoms with van der Waals surface area (Å²) in [6.45, 7) is 3.87. The predicted octanol–water partition coefficient (Wildman–Crippen LogP) is 1.11. The van der Waals surface area contributed by atoms with Crippen LogP contribution in [0.1, 0.15) is 15.9 Å². The molecule has 6 nitrogen and oxygen atoms in total. The molecule has 0 aliphatic rings. The summed E-state index contributed by atoms with van der Waals surface area (Å²) in [4.78, 5) is 23.8. The average Bonchev–Trinajstić information content (AvgIpc) is 2.90. The van der Waals surface area contributed by atoms with Crippen LogP contribution in [0.15, 0.2) is 53.3 Å². The molecule has 6 heteroatoms. The number of rotatable bonds is 4. The first kappa shape index (κ1) is 16.3. The molecular weight excluding hydrogens is 320 g/mol. The van der Waals surface area contributed by atoms with Crippen molar-refractivity contribution in [3.63, 3.8) is 0 Å². The first-order valence-electron chi connectivity index (χ1n) is 7.49. The summed E-state index contributed by atoms with van der Waals surface area (Å²) in [6, 6.07) is 13.4. The Morgan fingerprint density at radius 1 is 1.24 bits per heavy atom. The van der Waals surface area contributed by atoms with Gasteiger partial charge in [-0.1, -0.05) is 24.8 Å². The van der Waals surface area contributed by atoms with Crippen LogP contribution in [0.4, 0.5) is 0 Å². The van der Waals surface area contributed by atoms with E-state index in [1.54, 1.807) is 37.5 Å². The molecule has 0 atom stereocenters. The van der Waals surface area contributed by atoms with E-state index < -0.39 is 5.97 Å². The van der Waals surface area contributed by atoms with E-state index in [-0.39, 0.29) is 11.1 Å². The van der Waals surface area contributed by atoms with Gasteiger partial charge in [-0.05, 0) is 42.0 Å². The van der Waals surface area contributed by atoms with Crippen molar-refractivity contribution >= 4 is 18.6 Å². The lowest BCUT2D eigenvalue weighted by Crippen LogP contribution is -2.33. The molecule has 25 heavy (non-hydrogen) atoms. The quantitative estimate of drug-likeness (QED) is 0.747. The van der Waals surface area contributed by atoms with Crippen molar-refractivity contribution in [1.82, 2.24) is 9.78 Å². The Bertz CT molecular complexity index is 1090. The minimum atomic E-state index is -1.05. The van der Waals surface area contributed by atoms with Gasteiger partial charge in [0.25, 0.3) is 5.56 Å². The zero-order valence-corrected chi connectivity index (χ0v) is 13.5. The van der Waals surface area contributed by atoms with Gasteiger partial charge >= 0.3 is 5.97 Å². The molecule has 3 aromatic rings. The van der Waals surface area contributed by atoms with Crippen molar-refractivity contribution in [3.8, 4) is 11.4 Å². The number of aromatic nitrogens is 2. The third-order valence-corrected chi connectivity index (χ3v) is 3.78. The van der Waals surface area contributed by atoms with E-state index >= 15 is 0 Å². The second kappa shape index (κ2) is 6.52. The highest BCUT2D eigenvalue weighted by Crippen LogP contribution is 2.11. The van der Waals surface area contributed by atoms with Crippen LogP contribution < -0.4 is 20.9 Å². The van der Waals surface area contributed by atoms with Gasteiger partial charge in [0.05, 0.1) is 28.9 Å². The van der Waals surface area contributed by atoms with Crippen LogP contribution in [0.3, 0.4) is 0 Å². The number of hydrogen-bond donors (Lipinski definition) is 2. The molecule has 0 spiro atoms. The second-order valence-electron chi connectivity index (χ2n) is 5.42. The Labute approximate surface area is 142 Å². The highest BCUT2D eigenvalue weighted by atomic mass is 16.5. The van der Waals surface area contributed by atoms with Gasteiger partial charge in [-0.25, -0.2) is 9.48 Å². The topological polar surface area (TPSA) is 84.3 Å². The van der Waals surface area contributed by atoms with Crippen molar-refractivity contribution in [3.05, 3.63) is 80.6 Å². The molecule has 2 N–H and O–H groups in total. The number of carbonyl (C=O) groups is 1. The van der Waals surface area contributed by atoms with Crippen molar-refractivity contribution < 1.29 is 14.6 Å². The third-order valence-electron chi connectivity index (χ3n) is 3.78. The highest BCUT2D eigenvalue weighted by molar-refractivity contribution is 5.88. The Morgan fingerprint density at radius 2 is 1.96 bits per heavy atom. The Balaban J connectivity index is 2.11. The molecule has 1 heterocycles. The first-order chi connectivity index (χ1) is 12.0. The largest absolute Gasteiger partial charge is 0.497 e. The molecule has 0 radical (unpaired) electrons. The van der Waals surface area contributed by atoms with E-state index in [1.165, 1.54) is 16.8 Å². The van der Waals surface area contributed by atoms with Gasteiger partial charge in [0.1, 0.15) is 5.75 Å². The number of aromatic carboxylic acids is 1. The number of carboxylic acids is 1. The van der Waals surface area contributed by atoms with Crippen LogP contribution in [0.25, 0.3) is 18.3 Å². The van der Waals surface area contributed by atoms with Crippen molar-refractivity contribution in [2.75, 3.05) is 7.11 Å². The van der Waals surface area contributed by atoms with Crippen LogP contribution in [-0.4, -0.2) is 28.0 Å². The lowest BCUT2D eigenvalue weighted by atomic mass is 10.2. The molecular formula is C19H16N2O4. The van der Waals surface area contributed by atoms with Gasteiger partial charge in [-0.15, -0.1) is 0 Å². The molecule has 0 unspecified atom stereocenters. The van der Waals surface area contributed by atoms with Crippen LogP contribution in [0.2, 0.25) is 0 Å². The Kier molecular flexibility index (Phi) is 4.26. The fourth-order valence-corrected chi connectivity index (χ4v) is 2.47. The maximum atomic E-state index is 12.7. The van der Waals surface area contributed by atoms with Crippen LogP contribution in [-0.2, 0) is 0 Å². The maximum Gasteiger partial charge on any atom is 0.335 e. The summed E-state index contributed by atoms with van der Waals surface area (Å²) in [7, 11) is 1.59. The summed E-state index contributed by atoms with van der Waals surface area (Å²) in [5.41, 5.74) is 1.06. The third kappa shape index (κ3) is 3.23. The number of methoxy groups -OCH3 is 1. The number of hydrogen-bond acceptors (Lipinski definition) is 3. The molecule has 0 saturated carbocycles. The van der Waals surface area contributed by atoms with Gasteiger partial charge in [0.2, 0.25) is 0 Å². The zero-order chi connectivity index (χ0) is 18.0. The van der Waals surface area contributed by atoms with Gasteiger partial charge in [-0.2, -0.15) is 0 Å². The zero-order valence-electron chi connectivity index (χ0n) is 13.5. The van der Waals surface area contributed by atoms with E-state index in [9.17, 15) is 9.59 Å². The molecule has 0 saturated heterocycles. The standard InChI is InChI=1S/C19H16N2O4/c1-12-17(10-13-6-8-16(25-2)9-7-13)18(22)21(20-12)15-5-3-4-14(11-15)19(23)24/h3-11,20H,1H2,2H3,(H,23,24). The minimum absolute atomic E-state index is 0.102. The number of nitrogens with one attached hydrogen (secondary N) is 1. The van der Waals surface area contributed by atoms with Gasteiger partial charge < -0.3 is 9.84 Å². The van der Waals surface area contributed by atoms with Crippen LogP contribution in [0.5, 0.6) is 5.75 Å². The second-order valence-corrected chi connectivity index (χ2v) is 5.42. The molecule has 1 aromatic heterocycles. The van der Waals surface area contributed by atoms with Crippen LogP contribution in [0, 0.1) is 0 Å². The fraction of sp³-hybridized carbons (Fsp3) is 0.0526. The number of aromatic amines is 1. The molecule has 0 fully saturated rings. The normalized spacial score (nSPS) is 11.5. The number of ether oxygens (including phenoxy) is 1. The summed E-state index contributed by atoms with van der Waals surface area (Å²) in [6.07, 6.45) is 1.72. The van der Waals surface area contributed by atoms with Gasteiger partial charge in [0.15, 0.2) is 0 Å². The summed E-state index contributed by atoms with van der Waals surface area (Å²) in [5, 5.41) is 12.8. The average molecular weight is 336 g/mol. The smallest absolute Gasteiger partial charge is 0.335 e. The lowest BCUT2D eigenvalue weighted by molar-refractivity contribution is 0.0697. The minimum Gasteiger partial charge on any atom is -0.497 e. The number of H-pyrrole nitrogens is 1. The molecule has 0 aliphatic heterocycles. The van der Waals surface area contributed by atoms with Crippen molar-refractivity contribution in [1.29, 1.82) is 0 Å². The van der Waals surface area contributed by atoms with Crippen molar-refractivity contribution in [2.24, 2.45) is 0 Å². The van der Waals surface area contributed by atoms with Gasteiger partial charge in [-0.3, -0.25) is 9.89 Å². The maximum absolute atomic E-state index is 12.7. The van der Waals surface area contributed by atoms with Crippen molar-refractivity contribution in [2.45, 2.75) is 0 Å². The van der Waals surface area contributed by atoms with E-state index in [2.05, 4.69) is 11.7 Å². The SMILES string of the molecule is C=c1[nH]n(-c2cccc(C(=O)O)c2)c(=O)c1=Cc1ccc(OC)cc1. The molecule has 2 aromatic carbocycles.